The van der Waals surface area contributed by atoms with E-state index in [-0.39, 0.29) is 12.1 Å². The average Bonchev–Trinajstić information content (AvgIpc) is 3.12. The monoisotopic (exact) mass is 376 g/mol. The Labute approximate surface area is 154 Å². The highest BCUT2D eigenvalue weighted by molar-refractivity contribution is 7.07. The van der Waals surface area contributed by atoms with Crippen LogP contribution in [0.1, 0.15) is 5.56 Å². The molecular weight excluding hydrogens is 358 g/mol. The SMILES string of the molecule is C=CC(=O)N(CC(=O)N[C@@H](Cc1ccsc1)B(O)O)c1ccccc1F. The molecule has 2 aromatic rings. The zero-order valence-electron chi connectivity index (χ0n) is 13.8. The van der Waals surface area contributed by atoms with Gasteiger partial charge in [0.25, 0.3) is 5.91 Å². The van der Waals surface area contributed by atoms with Crippen molar-refractivity contribution >= 4 is 36.0 Å². The highest BCUT2D eigenvalue weighted by Crippen LogP contribution is 2.19. The number of amides is 2. The van der Waals surface area contributed by atoms with Crippen LogP contribution in [-0.4, -0.2) is 41.5 Å². The van der Waals surface area contributed by atoms with Crippen LogP contribution in [0.2, 0.25) is 0 Å². The van der Waals surface area contributed by atoms with Gasteiger partial charge >= 0.3 is 7.12 Å². The van der Waals surface area contributed by atoms with Gasteiger partial charge < -0.3 is 15.4 Å². The Bertz CT molecular complexity index is 770. The number of carbonyl (C=O) groups excluding carboxylic acids is 2. The second-order valence-corrected chi connectivity index (χ2v) is 6.28. The van der Waals surface area contributed by atoms with Gasteiger partial charge in [-0.3, -0.25) is 14.5 Å². The Morgan fingerprint density at radius 1 is 1.35 bits per heavy atom. The first kappa shape index (κ1) is 19.8. The van der Waals surface area contributed by atoms with Gasteiger partial charge in [0.15, 0.2) is 0 Å². The number of carbonyl (C=O) groups is 2. The fourth-order valence-electron chi connectivity index (χ4n) is 2.35. The molecule has 3 N–H and O–H groups in total. The molecule has 1 aromatic carbocycles. The second kappa shape index (κ2) is 9.28. The Morgan fingerprint density at radius 2 is 2.08 bits per heavy atom. The summed E-state index contributed by atoms with van der Waals surface area (Å²) in [6, 6.07) is 7.35. The first-order valence-electron chi connectivity index (χ1n) is 7.77. The van der Waals surface area contributed by atoms with Crippen LogP contribution in [0.4, 0.5) is 10.1 Å². The summed E-state index contributed by atoms with van der Waals surface area (Å²) in [5.41, 5.74) is 0.771. The maximum absolute atomic E-state index is 14.0. The number of hydrogen-bond donors (Lipinski definition) is 3. The van der Waals surface area contributed by atoms with E-state index >= 15 is 0 Å². The lowest BCUT2D eigenvalue weighted by Gasteiger charge is -2.23. The van der Waals surface area contributed by atoms with Gasteiger partial charge in [-0.2, -0.15) is 11.3 Å². The second-order valence-electron chi connectivity index (χ2n) is 5.50. The topological polar surface area (TPSA) is 89.9 Å². The molecular formula is C17H18BFN2O4S. The van der Waals surface area contributed by atoms with Crippen molar-refractivity contribution in [3.63, 3.8) is 0 Å². The van der Waals surface area contributed by atoms with Gasteiger partial charge in [0.2, 0.25) is 5.91 Å². The highest BCUT2D eigenvalue weighted by Gasteiger charge is 2.27. The molecule has 0 bridgehead atoms. The highest BCUT2D eigenvalue weighted by atomic mass is 32.1. The van der Waals surface area contributed by atoms with E-state index in [0.717, 1.165) is 16.5 Å². The van der Waals surface area contributed by atoms with E-state index in [9.17, 15) is 24.0 Å². The molecule has 26 heavy (non-hydrogen) atoms. The molecule has 0 unspecified atom stereocenters. The van der Waals surface area contributed by atoms with Crippen LogP contribution in [0.15, 0.2) is 53.7 Å². The fraction of sp³-hybridized carbons (Fsp3) is 0.176. The van der Waals surface area contributed by atoms with Gasteiger partial charge in [0.1, 0.15) is 12.4 Å². The lowest BCUT2D eigenvalue weighted by molar-refractivity contribution is -0.122. The molecule has 136 valence electrons. The van der Waals surface area contributed by atoms with Crippen LogP contribution in [0.3, 0.4) is 0 Å². The molecule has 0 fully saturated rings. The third-order valence-corrected chi connectivity index (χ3v) is 4.36. The number of nitrogens with one attached hydrogen (secondary N) is 1. The molecule has 1 aromatic heterocycles. The Balaban J connectivity index is 2.11. The van der Waals surface area contributed by atoms with E-state index in [2.05, 4.69) is 11.9 Å². The van der Waals surface area contributed by atoms with Crippen molar-refractivity contribution in [1.82, 2.24) is 5.32 Å². The van der Waals surface area contributed by atoms with Crippen molar-refractivity contribution in [2.24, 2.45) is 0 Å². The smallest absolute Gasteiger partial charge is 0.426 e. The summed E-state index contributed by atoms with van der Waals surface area (Å²) in [4.78, 5) is 25.3. The van der Waals surface area contributed by atoms with Crippen molar-refractivity contribution in [3.8, 4) is 0 Å². The summed E-state index contributed by atoms with van der Waals surface area (Å²) in [6.45, 7) is 2.87. The maximum Gasteiger partial charge on any atom is 0.475 e. The zero-order chi connectivity index (χ0) is 19.1. The molecule has 0 spiro atoms. The quantitative estimate of drug-likeness (QED) is 0.476. The standard InChI is InChI=1S/C17H18BFN2O4S/c1-2-17(23)21(14-6-4-3-5-13(14)19)10-16(22)20-15(18(24)25)9-12-7-8-26-11-12/h2-8,11,15,24-25H,1,9-10H2,(H,20,22)/t15-/m0/s1. The molecule has 6 nitrogen and oxygen atoms in total. The minimum atomic E-state index is -1.78. The first-order valence-corrected chi connectivity index (χ1v) is 8.71. The summed E-state index contributed by atoms with van der Waals surface area (Å²) < 4.78 is 14.0. The Kier molecular flexibility index (Phi) is 7.08. The summed E-state index contributed by atoms with van der Waals surface area (Å²) >= 11 is 1.45. The van der Waals surface area contributed by atoms with Crippen LogP contribution in [0, 0.1) is 5.82 Å². The fourth-order valence-corrected chi connectivity index (χ4v) is 3.03. The molecule has 1 atom stereocenters. The van der Waals surface area contributed by atoms with Gasteiger partial charge in [0.05, 0.1) is 11.6 Å². The third kappa shape index (κ3) is 5.25. The number of nitrogens with zero attached hydrogens (tertiary/aromatic N) is 1. The molecule has 0 saturated heterocycles. The number of hydrogen-bond acceptors (Lipinski definition) is 5. The summed E-state index contributed by atoms with van der Waals surface area (Å²) in [5, 5.41) is 25.1. The summed E-state index contributed by atoms with van der Waals surface area (Å²) in [6.07, 6.45) is 1.19. The lowest BCUT2D eigenvalue weighted by atomic mass is 9.76. The molecule has 2 amide bonds. The van der Waals surface area contributed by atoms with E-state index in [1.54, 1.807) is 6.07 Å². The Morgan fingerprint density at radius 3 is 2.65 bits per heavy atom. The lowest BCUT2D eigenvalue weighted by Crippen LogP contribution is -2.51. The van der Waals surface area contributed by atoms with Crippen LogP contribution in [0.25, 0.3) is 0 Å². The van der Waals surface area contributed by atoms with Gasteiger partial charge in [-0.25, -0.2) is 4.39 Å². The van der Waals surface area contributed by atoms with Crippen molar-refractivity contribution in [3.05, 3.63) is 65.1 Å². The summed E-state index contributed by atoms with van der Waals surface area (Å²) in [7, 11) is -1.78. The first-order chi connectivity index (χ1) is 12.4. The Hall–Kier alpha value is -2.49. The van der Waals surface area contributed by atoms with Crippen molar-refractivity contribution in [1.29, 1.82) is 0 Å². The van der Waals surface area contributed by atoms with Crippen LogP contribution >= 0.6 is 11.3 Å². The number of halogens is 1. The van der Waals surface area contributed by atoms with Gasteiger partial charge in [-0.05, 0) is 47.0 Å². The van der Waals surface area contributed by atoms with E-state index < -0.39 is 37.2 Å². The molecule has 9 heteroatoms. The largest absolute Gasteiger partial charge is 0.475 e. The average molecular weight is 376 g/mol. The molecule has 0 saturated carbocycles. The van der Waals surface area contributed by atoms with Crippen molar-refractivity contribution in [2.45, 2.75) is 12.4 Å². The van der Waals surface area contributed by atoms with E-state index in [1.165, 1.54) is 35.6 Å². The number of thiophene rings is 1. The minimum absolute atomic E-state index is 0.0634. The van der Waals surface area contributed by atoms with Gasteiger partial charge in [0, 0.05) is 0 Å². The molecule has 1 heterocycles. The maximum atomic E-state index is 14.0. The molecule has 0 aliphatic carbocycles. The van der Waals surface area contributed by atoms with Gasteiger partial charge in [-0.15, -0.1) is 0 Å². The van der Waals surface area contributed by atoms with E-state index in [4.69, 9.17) is 0 Å². The number of rotatable bonds is 8. The molecule has 2 rings (SSSR count). The van der Waals surface area contributed by atoms with Crippen molar-refractivity contribution < 1.29 is 24.0 Å². The normalized spacial score (nSPS) is 11.5. The predicted molar refractivity (Wildman–Crippen MR) is 99.1 cm³/mol. The number of benzene rings is 1. The van der Waals surface area contributed by atoms with Crippen LogP contribution in [-0.2, 0) is 16.0 Å². The summed E-state index contributed by atoms with van der Waals surface area (Å²) in [5.74, 6) is -2.92. The number of anilines is 1. The molecule has 0 aliphatic rings. The van der Waals surface area contributed by atoms with Gasteiger partial charge in [-0.1, -0.05) is 18.7 Å². The van der Waals surface area contributed by atoms with E-state index in [0.29, 0.717) is 0 Å². The predicted octanol–water partition coefficient (Wildman–Crippen LogP) is 1.15. The molecule has 0 aliphatic heterocycles. The number of para-hydroxylation sites is 1. The van der Waals surface area contributed by atoms with Crippen molar-refractivity contribution in [2.75, 3.05) is 11.4 Å². The van der Waals surface area contributed by atoms with Crippen LogP contribution < -0.4 is 10.2 Å². The minimum Gasteiger partial charge on any atom is -0.426 e. The zero-order valence-corrected chi connectivity index (χ0v) is 14.7. The van der Waals surface area contributed by atoms with Crippen LogP contribution in [0.5, 0.6) is 0 Å². The molecule has 0 radical (unpaired) electrons. The third-order valence-electron chi connectivity index (χ3n) is 3.63. The van der Waals surface area contributed by atoms with E-state index in [1.807, 2.05) is 10.8 Å².